The van der Waals surface area contributed by atoms with Gasteiger partial charge in [0, 0.05) is 28.0 Å². The highest BCUT2D eigenvalue weighted by atomic mass is 32.1. The van der Waals surface area contributed by atoms with Gasteiger partial charge in [-0.15, -0.1) is 11.3 Å². The fourth-order valence-corrected chi connectivity index (χ4v) is 7.41. The van der Waals surface area contributed by atoms with E-state index in [1.54, 1.807) is 11.3 Å². The molecule has 3 heteroatoms. The number of para-hydroxylation sites is 3. The maximum Gasteiger partial charge on any atom is 0.124 e. The highest BCUT2D eigenvalue weighted by Crippen LogP contribution is 2.51. The smallest absolute Gasteiger partial charge is 0.124 e. The Balaban J connectivity index is 1.14. The molecule has 2 nitrogen and oxygen atoms in total. The highest BCUT2D eigenvalue weighted by molar-refractivity contribution is 7.21. The largest absolute Gasteiger partial charge is 0.311 e. The SMILES string of the molecule is CC1(C)c2cc(-c3ccc(N(c4ccccc4)c4ccccc4)cc3)ccc2-c2ccc(-c3nc4ccccc4s3)cc21. The lowest BCUT2D eigenvalue weighted by molar-refractivity contribution is 0.661. The van der Waals surface area contributed by atoms with Crippen LogP contribution >= 0.6 is 11.3 Å². The molecule has 43 heavy (non-hydrogen) atoms. The Kier molecular flexibility index (Phi) is 6.02. The van der Waals surface area contributed by atoms with E-state index in [0.29, 0.717) is 0 Å². The number of hydrogen-bond donors (Lipinski definition) is 0. The molecule has 0 saturated carbocycles. The van der Waals surface area contributed by atoms with E-state index in [-0.39, 0.29) is 5.41 Å². The van der Waals surface area contributed by atoms with Crippen molar-refractivity contribution in [2.75, 3.05) is 4.90 Å². The number of fused-ring (bicyclic) bond motifs is 4. The van der Waals surface area contributed by atoms with Gasteiger partial charge in [0.05, 0.1) is 10.2 Å². The molecule has 0 amide bonds. The Labute approximate surface area is 256 Å². The average molecular weight is 571 g/mol. The lowest BCUT2D eigenvalue weighted by Gasteiger charge is -2.25. The maximum atomic E-state index is 4.93. The number of hydrogen-bond acceptors (Lipinski definition) is 3. The Morgan fingerprint density at radius 1 is 0.512 bits per heavy atom. The summed E-state index contributed by atoms with van der Waals surface area (Å²) in [5, 5.41) is 1.08. The fourth-order valence-electron chi connectivity index (χ4n) is 6.45. The average Bonchev–Trinajstić information content (AvgIpc) is 3.59. The van der Waals surface area contributed by atoms with Gasteiger partial charge in [-0.05, 0) is 94.0 Å². The van der Waals surface area contributed by atoms with Crippen molar-refractivity contribution >= 4 is 38.6 Å². The lowest BCUT2D eigenvalue weighted by atomic mass is 9.81. The van der Waals surface area contributed by atoms with Gasteiger partial charge in [0.25, 0.3) is 0 Å². The van der Waals surface area contributed by atoms with E-state index >= 15 is 0 Å². The molecule has 0 N–H and O–H groups in total. The lowest BCUT2D eigenvalue weighted by Crippen LogP contribution is -2.15. The Morgan fingerprint density at radius 2 is 1.02 bits per heavy atom. The minimum atomic E-state index is -0.106. The fraction of sp³-hybridized carbons (Fsp3) is 0.0750. The van der Waals surface area contributed by atoms with Crippen LogP contribution in [0.3, 0.4) is 0 Å². The molecule has 6 aromatic carbocycles. The first-order valence-electron chi connectivity index (χ1n) is 14.7. The van der Waals surface area contributed by atoms with Crippen molar-refractivity contribution in [1.82, 2.24) is 4.98 Å². The molecule has 7 aromatic rings. The summed E-state index contributed by atoms with van der Waals surface area (Å²) >= 11 is 1.77. The predicted octanol–water partition coefficient (Wildman–Crippen LogP) is 11.4. The van der Waals surface area contributed by atoms with Crippen LogP contribution in [0, 0.1) is 0 Å². The quantitative estimate of drug-likeness (QED) is 0.205. The van der Waals surface area contributed by atoms with Crippen LogP contribution in [0.4, 0.5) is 17.1 Å². The molecule has 1 aromatic heterocycles. The van der Waals surface area contributed by atoms with E-state index in [0.717, 1.165) is 27.6 Å². The van der Waals surface area contributed by atoms with Crippen LogP contribution in [0.25, 0.3) is 43.0 Å². The topological polar surface area (TPSA) is 16.1 Å². The third-order valence-electron chi connectivity index (χ3n) is 8.70. The first-order chi connectivity index (χ1) is 21.1. The molecule has 1 aliphatic carbocycles. The van der Waals surface area contributed by atoms with Crippen molar-refractivity contribution in [2.24, 2.45) is 0 Å². The van der Waals surface area contributed by atoms with Gasteiger partial charge in [0.15, 0.2) is 0 Å². The number of benzene rings is 6. The summed E-state index contributed by atoms with van der Waals surface area (Å²) in [4.78, 5) is 7.23. The normalized spacial score (nSPS) is 13.1. The molecule has 8 rings (SSSR count). The van der Waals surface area contributed by atoms with Crippen LogP contribution in [-0.2, 0) is 5.41 Å². The number of anilines is 3. The van der Waals surface area contributed by atoms with Crippen molar-refractivity contribution in [2.45, 2.75) is 19.3 Å². The Hall–Kier alpha value is -4.99. The molecule has 0 radical (unpaired) electrons. The Morgan fingerprint density at radius 3 is 1.65 bits per heavy atom. The zero-order chi connectivity index (χ0) is 29.0. The zero-order valence-corrected chi connectivity index (χ0v) is 25.0. The van der Waals surface area contributed by atoms with Crippen molar-refractivity contribution in [1.29, 1.82) is 0 Å². The molecule has 0 unspecified atom stereocenters. The van der Waals surface area contributed by atoms with Gasteiger partial charge in [-0.1, -0.05) is 98.8 Å². The van der Waals surface area contributed by atoms with Crippen LogP contribution in [0.2, 0.25) is 0 Å². The van der Waals surface area contributed by atoms with Gasteiger partial charge in [-0.2, -0.15) is 0 Å². The molecule has 0 spiro atoms. The molecular weight excluding hydrogens is 541 g/mol. The van der Waals surface area contributed by atoms with E-state index in [1.165, 1.54) is 43.6 Å². The molecule has 0 fully saturated rings. The van der Waals surface area contributed by atoms with Crippen LogP contribution in [-0.4, -0.2) is 4.98 Å². The van der Waals surface area contributed by atoms with Gasteiger partial charge in [0.1, 0.15) is 5.01 Å². The minimum Gasteiger partial charge on any atom is -0.311 e. The van der Waals surface area contributed by atoms with Gasteiger partial charge in [-0.3, -0.25) is 0 Å². The van der Waals surface area contributed by atoms with Gasteiger partial charge >= 0.3 is 0 Å². The summed E-state index contributed by atoms with van der Waals surface area (Å²) in [6.07, 6.45) is 0. The molecule has 1 aliphatic rings. The van der Waals surface area contributed by atoms with Crippen LogP contribution < -0.4 is 4.90 Å². The summed E-state index contributed by atoms with van der Waals surface area (Å²) in [5.41, 5.74) is 13.4. The molecular formula is C40H30N2S. The molecule has 206 valence electrons. The first kappa shape index (κ1) is 25.7. The predicted molar refractivity (Wildman–Crippen MR) is 183 cm³/mol. The number of rotatable bonds is 5. The third kappa shape index (κ3) is 4.36. The molecule has 1 heterocycles. The van der Waals surface area contributed by atoms with Crippen molar-refractivity contribution in [3.8, 4) is 32.8 Å². The second kappa shape index (κ2) is 10.1. The van der Waals surface area contributed by atoms with E-state index < -0.39 is 0 Å². The molecule has 0 saturated heterocycles. The standard InChI is InChI=1S/C40H30N2S/c1-40(2)35-25-28(27-17-21-32(22-18-27)42(30-11-5-3-6-12-30)31-13-7-4-8-14-31)19-23-33(35)34-24-20-29(26-36(34)40)39-41-37-15-9-10-16-38(37)43-39/h3-26H,1-2H3. The second-order valence-corrected chi connectivity index (χ2v) is 12.7. The molecule has 0 bridgehead atoms. The van der Waals surface area contributed by atoms with Crippen LogP contribution in [0.5, 0.6) is 0 Å². The summed E-state index contributed by atoms with van der Waals surface area (Å²) in [6.45, 7) is 4.70. The summed E-state index contributed by atoms with van der Waals surface area (Å²) < 4.78 is 1.23. The Bertz CT molecular complexity index is 2020. The van der Waals surface area contributed by atoms with E-state index in [1.807, 2.05) is 0 Å². The maximum absolute atomic E-state index is 4.93. The summed E-state index contributed by atoms with van der Waals surface area (Å²) in [6, 6.07) is 52.3. The van der Waals surface area contributed by atoms with Crippen LogP contribution in [0.1, 0.15) is 25.0 Å². The van der Waals surface area contributed by atoms with Crippen molar-refractivity contribution < 1.29 is 0 Å². The minimum absolute atomic E-state index is 0.106. The molecule has 0 aliphatic heterocycles. The van der Waals surface area contributed by atoms with Crippen molar-refractivity contribution in [3.63, 3.8) is 0 Å². The summed E-state index contributed by atoms with van der Waals surface area (Å²) in [5.74, 6) is 0. The molecule has 0 atom stereocenters. The van der Waals surface area contributed by atoms with E-state index in [4.69, 9.17) is 4.98 Å². The van der Waals surface area contributed by atoms with Gasteiger partial charge < -0.3 is 4.90 Å². The summed E-state index contributed by atoms with van der Waals surface area (Å²) in [7, 11) is 0. The van der Waals surface area contributed by atoms with E-state index in [9.17, 15) is 0 Å². The van der Waals surface area contributed by atoms with Gasteiger partial charge in [-0.25, -0.2) is 4.98 Å². The first-order valence-corrected chi connectivity index (χ1v) is 15.5. The van der Waals surface area contributed by atoms with E-state index in [2.05, 4.69) is 164 Å². The van der Waals surface area contributed by atoms with Gasteiger partial charge in [0.2, 0.25) is 0 Å². The third-order valence-corrected chi connectivity index (χ3v) is 9.79. The number of nitrogens with zero attached hydrogens (tertiary/aromatic N) is 2. The van der Waals surface area contributed by atoms with Crippen molar-refractivity contribution in [3.05, 3.63) is 157 Å². The number of thiazole rings is 1. The highest BCUT2D eigenvalue weighted by Gasteiger charge is 2.36. The zero-order valence-electron chi connectivity index (χ0n) is 24.2. The monoisotopic (exact) mass is 570 g/mol. The second-order valence-electron chi connectivity index (χ2n) is 11.7. The number of aromatic nitrogens is 1. The van der Waals surface area contributed by atoms with Crippen LogP contribution in [0.15, 0.2) is 146 Å².